The summed E-state index contributed by atoms with van der Waals surface area (Å²) >= 11 is 0. The largest absolute Gasteiger partial charge is 0.452 e. The van der Waals surface area contributed by atoms with Crippen LogP contribution < -0.4 is 16.0 Å². The summed E-state index contributed by atoms with van der Waals surface area (Å²) in [4.78, 5) is 46.8. The molecular weight excluding hydrogens is 350 g/mol. The molecule has 8 nitrogen and oxygen atoms in total. The normalized spacial score (nSPS) is 18.9. The highest BCUT2D eigenvalue weighted by Gasteiger charge is 2.23. The summed E-state index contributed by atoms with van der Waals surface area (Å²) in [5.74, 6) is -1.33. The van der Waals surface area contributed by atoms with Crippen molar-refractivity contribution in [2.75, 3.05) is 11.9 Å². The molecule has 1 saturated carbocycles. The molecule has 1 aromatic rings. The summed E-state index contributed by atoms with van der Waals surface area (Å²) < 4.78 is 4.92. The number of hydrogen-bond donors (Lipinski definition) is 3. The Hall–Kier alpha value is -2.90. The van der Waals surface area contributed by atoms with E-state index in [1.54, 1.807) is 12.1 Å². The van der Waals surface area contributed by atoms with Crippen molar-refractivity contribution in [2.45, 2.75) is 45.6 Å². The smallest absolute Gasteiger partial charge is 0.338 e. The summed E-state index contributed by atoms with van der Waals surface area (Å²) in [7, 11) is 0. The second kappa shape index (κ2) is 9.70. The van der Waals surface area contributed by atoms with Crippen LogP contribution in [0.5, 0.6) is 0 Å². The lowest BCUT2D eigenvalue weighted by Gasteiger charge is -2.29. The van der Waals surface area contributed by atoms with Crippen LogP contribution in [0.4, 0.5) is 10.5 Å². The lowest BCUT2D eigenvalue weighted by atomic mass is 9.86. The summed E-state index contributed by atoms with van der Waals surface area (Å²) in [6.07, 6.45) is 4.15. The highest BCUT2D eigenvalue weighted by molar-refractivity contribution is 5.97. The summed E-state index contributed by atoms with van der Waals surface area (Å²) in [6.45, 7) is 2.86. The van der Waals surface area contributed by atoms with Crippen molar-refractivity contribution >= 4 is 29.5 Å². The molecule has 0 aliphatic heterocycles. The third-order valence-electron chi connectivity index (χ3n) is 4.43. The number of hydrogen-bond acceptors (Lipinski definition) is 5. The maximum Gasteiger partial charge on any atom is 0.338 e. The van der Waals surface area contributed by atoms with E-state index in [-0.39, 0.29) is 17.5 Å². The Labute approximate surface area is 158 Å². The lowest BCUT2D eigenvalue weighted by molar-refractivity contribution is -0.123. The standard InChI is InChI=1S/C19H25N3O5/c1-12-6-3-4-9-16(12)21-19(26)22-17(24)11-27-18(25)14-7-5-8-15(10-14)20-13(2)23/h5,7-8,10,12,16H,3-4,6,9,11H2,1-2H3,(H,20,23)(H2,21,22,24,26)/t12-,16+/m1/s1. The number of carbonyl (C=O) groups excluding carboxylic acids is 4. The van der Waals surface area contributed by atoms with Crippen LogP contribution in [0.3, 0.4) is 0 Å². The van der Waals surface area contributed by atoms with E-state index >= 15 is 0 Å². The van der Waals surface area contributed by atoms with Crippen LogP contribution >= 0.6 is 0 Å². The number of rotatable bonds is 5. The summed E-state index contributed by atoms with van der Waals surface area (Å²) in [5.41, 5.74) is 0.636. The van der Waals surface area contributed by atoms with Crippen LogP contribution in [0.1, 0.15) is 49.9 Å². The Morgan fingerprint density at radius 2 is 1.89 bits per heavy atom. The molecule has 0 bridgehead atoms. The van der Waals surface area contributed by atoms with Crippen molar-refractivity contribution in [2.24, 2.45) is 5.92 Å². The fourth-order valence-corrected chi connectivity index (χ4v) is 3.04. The first-order valence-electron chi connectivity index (χ1n) is 9.00. The molecule has 1 aliphatic rings. The van der Waals surface area contributed by atoms with Crippen LogP contribution in [-0.4, -0.2) is 36.5 Å². The second-order valence-electron chi connectivity index (χ2n) is 6.73. The van der Waals surface area contributed by atoms with Gasteiger partial charge in [0.25, 0.3) is 5.91 Å². The van der Waals surface area contributed by atoms with Gasteiger partial charge in [-0.2, -0.15) is 0 Å². The zero-order valence-electron chi connectivity index (χ0n) is 15.5. The number of imide groups is 1. The van der Waals surface area contributed by atoms with Gasteiger partial charge in [0.15, 0.2) is 6.61 Å². The van der Waals surface area contributed by atoms with Crippen molar-refractivity contribution in [3.63, 3.8) is 0 Å². The van der Waals surface area contributed by atoms with Gasteiger partial charge in [-0.1, -0.05) is 25.8 Å². The van der Waals surface area contributed by atoms with Crippen LogP contribution in [0.25, 0.3) is 0 Å². The predicted octanol–water partition coefficient (Wildman–Crippen LogP) is 2.21. The Morgan fingerprint density at radius 3 is 2.59 bits per heavy atom. The molecule has 1 aliphatic carbocycles. The molecular formula is C19H25N3O5. The van der Waals surface area contributed by atoms with E-state index in [0.29, 0.717) is 11.6 Å². The number of urea groups is 1. The molecule has 4 amide bonds. The van der Waals surface area contributed by atoms with Crippen molar-refractivity contribution in [1.82, 2.24) is 10.6 Å². The molecule has 1 aromatic carbocycles. The first-order valence-corrected chi connectivity index (χ1v) is 9.00. The second-order valence-corrected chi connectivity index (χ2v) is 6.73. The van der Waals surface area contributed by atoms with Gasteiger partial charge in [-0.25, -0.2) is 9.59 Å². The number of carbonyl (C=O) groups is 4. The van der Waals surface area contributed by atoms with Crippen LogP contribution in [0, 0.1) is 5.92 Å². The van der Waals surface area contributed by atoms with Gasteiger partial charge < -0.3 is 15.4 Å². The third kappa shape index (κ3) is 6.73. The molecule has 3 N–H and O–H groups in total. The molecule has 0 heterocycles. The zero-order chi connectivity index (χ0) is 19.8. The Balaban J connectivity index is 1.78. The lowest BCUT2D eigenvalue weighted by Crippen LogP contribution is -2.48. The minimum absolute atomic E-state index is 0.0469. The predicted molar refractivity (Wildman–Crippen MR) is 99.1 cm³/mol. The third-order valence-corrected chi connectivity index (χ3v) is 4.43. The minimum atomic E-state index is -0.723. The molecule has 0 saturated heterocycles. The first kappa shape index (κ1) is 20.4. The van der Waals surface area contributed by atoms with E-state index in [4.69, 9.17) is 4.74 Å². The molecule has 0 radical (unpaired) electrons. The van der Waals surface area contributed by atoms with Crippen LogP contribution in [-0.2, 0) is 14.3 Å². The molecule has 0 unspecified atom stereocenters. The van der Waals surface area contributed by atoms with E-state index in [1.807, 2.05) is 0 Å². The quantitative estimate of drug-likeness (QED) is 0.683. The SMILES string of the molecule is CC(=O)Nc1cccc(C(=O)OCC(=O)NC(=O)N[C@H]2CCCC[C@H]2C)c1. The maximum atomic E-state index is 12.0. The minimum Gasteiger partial charge on any atom is -0.452 e. The van der Waals surface area contributed by atoms with Gasteiger partial charge in [0, 0.05) is 18.7 Å². The molecule has 8 heteroatoms. The van der Waals surface area contributed by atoms with E-state index < -0.39 is 24.5 Å². The van der Waals surface area contributed by atoms with E-state index in [2.05, 4.69) is 22.9 Å². The highest BCUT2D eigenvalue weighted by Crippen LogP contribution is 2.23. The monoisotopic (exact) mass is 375 g/mol. The van der Waals surface area contributed by atoms with Crippen molar-refractivity contribution < 1.29 is 23.9 Å². The fraction of sp³-hybridized carbons (Fsp3) is 0.474. The zero-order valence-corrected chi connectivity index (χ0v) is 15.5. The average molecular weight is 375 g/mol. The molecule has 27 heavy (non-hydrogen) atoms. The van der Waals surface area contributed by atoms with Crippen LogP contribution in [0.15, 0.2) is 24.3 Å². The van der Waals surface area contributed by atoms with Gasteiger partial charge in [0.1, 0.15) is 0 Å². The number of anilines is 1. The number of nitrogens with one attached hydrogen (secondary N) is 3. The molecule has 2 rings (SSSR count). The van der Waals surface area contributed by atoms with Gasteiger partial charge in [-0.15, -0.1) is 0 Å². The molecule has 0 aromatic heterocycles. The van der Waals surface area contributed by atoms with E-state index in [0.717, 1.165) is 25.7 Å². The Kier molecular flexibility index (Phi) is 7.34. The van der Waals surface area contributed by atoms with Crippen LogP contribution in [0.2, 0.25) is 0 Å². The van der Waals surface area contributed by atoms with Crippen molar-refractivity contribution in [3.8, 4) is 0 Å². The number of ether oxygens (including phenoxy) is 1. The summed E-state index contributed by atoms with van der Waals surface area (Å²) in [6, 6.07) is 5.62. The summed E-state index contributed by atoms with van der Waals surface area (Å²) in [5, 5.41) is 7.52. The molecule has 0 spiro atoms. The average Bonchev–Trinajstić information content (AvgIpc) is 2.61. The van der Waals surface area contributed by atoms with Gasteiger partial charge in [-0.05, 0) is 37.0 Å². The molecule has 2 atom stereocenters. The van der Waals surface area contributed by atoms with Gasteiger partial charge >= 0.3 is 12.0 Å². The topological polar surface area (TPSA) is 114 Å². The van der Waals surface area contributed by atoms with Gasteiger partial charge in [0.05, 0.1) is 5.56 Å². The van der Waals surface area contributed by atoms with Gasteiger partial charge in [-0.3, -0.25) is 14.9 Å². The van der Waals surface area contributed by atoms with Crippen molar-refractivity contribution in [1.29, 1.82) is 0 Å². The number of esters is 1. The first-order chi connectivity index (χ1) is 12.8. The van der Waals surface area contributed by atoms with E-state index in [9.17, 15) is 19.2 Å². The number of amides is 4. The number of benzene rings is 1. The van der Waals surface area contributed by atoms with E-state index in [1.165, 1.54) is 19.1 Å². The van der Waals surface area contributed by atoms with Gasteiger partial charge in [0.2, 0.25) is 5.91 Å². The molecule has 1 fully saturated rings. The highest BCUT2D eigenvalue weighted by atomic mass is 16.5. The Morgan fingerprint density at radius 1 is 1.15 bits per heavy atom. The maximum absolute atomic E-state index is 12.0. The fourth-order valence-electron chi connectivity index (χ4n) is 3.04. The molecule has 146 valence electrons. The van der Waals surface area contributed by atoms with Crippen molar-refractivity contribution in [3.05, 3.63) is 29.8 Å². The Bertz CT molecular complexity index is 719.